The molecule has 0 spiro atoms. The molecule has 0 amide bonds. The second kappa shape index (κ2) is 3.77. The zero-order chi connectivity index (χ0) is 10.1. The van der Waals surface area contributed by atoms with Crippen LogP contribution in [0.25, 0.3) is 0 Å². The molecule has 1 unspecified atom stereocenters. The molecule has 0 aromatic heterocycles. The molecule has 0 saturated carbocycles. The van der Waals surface area contributed by atoms with Gasteiger partial charge in [-0.15, -0.1) is 0 Å². The Morgan fingerprint density at radius 1 is 1.64 bits per heavy atom. The first kappa shape index (κ1) is 9.77. The number of rotatable bonds is 2. The molecule has 1 atom stereocenters. The second-order valence-electron chi connectivity index (χ2n) is 3.53. The minimum atomic E-state index is 0.194. The van der Waals surface area contributed by atoms with E-state index >= 15 is 0 Å². The van der Waals surface area contributed by atoms with E-state index in [1.807, 2.05) is 19.1 Å². The van der Waals surface area contributed by atoms with Crippen LogP contribution in [-0.2, 0) is 13.0 Å². The Bertz CT molecular complexity index is 354. The molecule has 4 heteroatoms. The van der Waals surface area contributed by atoms with Gasteiger partial charge in [-0.3, -0.25) is 0 Å². The minimum Gasteiger partial charge on any atom is -0.489 e. The Hall–Kier alpha value is -0.770. The van der Waals surface area contributed by atoms with Crippen molar-refractivity contribution in [1.82, 2.24) is 5.48 Å². The highest BCUT2D eigenvalue weighted by atomic mass is 35.5. The third-order valence-corrected chi connectivity index (χ3v) is 2.57. The normalized spacial score (nSPS) is 19.2. The SMILES string of the molecule is CC1Cc2cc(CNO)cc(Cl)c2O1. The summed E-state index contributed by atoms with van der Waals surface area (Å²) in [7, 11) is 0. The number of hydroxylamine groups is 1. The van der Waals surface area contributed by atoms with Crippen molar-refractivity contribution >= 4 is 11.6 Å². The Morgan fingerprint density at radius 2 is 2.43 bits per heavy atom. The molecule has 0 radical (unpaired) electrons. The molecule has 1 heterocycles. The van der Waals surface area contributed by atoms with E-state index in [0.29, 0.717) is 11.6 Å². The summed E-state index contributed by atoms with van der Waals surface area (Å²) in [5.41, 5.74) is 4.20. The Kier molecular flexibility index (Phi) is 2.63. The van der Waals surface area contributed by atoms with Crippen LogP contribution in [0.15, 0.2) is 12.1 Å². The number of hydrogen-bond donors (Lipinski definition) is 2. The molecule has 1 aliphatic heterocycles. The van der Waals surface area contributed by atoms with Gasteiger partial charge < -0.3 is 9.94 Å². The van der Waals surface area contributed by atoms with Crippen LogP contribution in [0, 0.1) is 0 Å². The third kappa shape index (κ3) is 1.71. The van der Waals surface area contributed by atoms with Crippen LogP contribution in [0.2, 0.25) is 5.02 Å². The van der Waals surface area contributed by atoms with Gasteiger partial charge in [-0.2, -0.15) is 0 Å². The summed E-state index contributed by atoms with van der Waals surface area (Å²) in [4.78, 5) is 0. The van der Waals surface area contributed by atoms with Crippen molar-refractivity contribution in [3.05, 3.63) is 28.3 Å². The van der Waals surface area contributed by atoms with Crippen molar-refractivity contribution in [1.29, 1.82) is 0 Å². The quantitative estimate of drug-likeness (QED) is 0.740. The molecular formula is C10H12ClNO2. The molecule has 2 N–H and O–H groups in total. The Balaban J connectivity index is 2.36. The van der Waals surface area contributed by atoms with Crippen LogP contribution < -0.4 is 10.2 Å². The smallest absolute Gasteiger partial charge is 0.141 e. The van der Waals surface area contributed by atoms with E-state index in [1.165, 1.54) is 0 Å². The minimum absolute atomic E-state index is 0.194. The largest absolute Gasteiger partial charge is 0.489 e. The average molecular weight is 214 g/mol. The van der Waals surface area contributed by atoms with Crippen molar-refractivity contribution in [2.24, 2.45) is 0 Å². The van der Waals surface area contributed by atoms with E-state index in [-0.39, 0.29) is 6.10 Å². The van der Waals surface area contributed by atoms with Gasteiger partial charge in [0.1, 0.15) is 11.9 Å². The zero-order valence-electron chi connectivity index (χ0n) is 7.88. The lowest BCUT2D eigenvalue weighted by Crippen LogP contribution is -2.06. The van der Waals surface area contributed by atoms with Gasteiger partial charge in [0.2, 0.25) is 0 Å². The van der Waals surface area contributed by atoms with Crippen LogP contribution in [0.1, 0.15) is 18.1 Å². The van der Waals surface area contributed by atoms with Gasteiger partial charge in [0.15, 0.2) is 0 Å². The first-order valence-corrected chi connectivity index (χ1v) is 4.93. The lowest BCUT2D eigenvalue weighted by atomic mass is 10.1. The van der Waals surface area contributed by atoms with Gasteiger partial charge in [-0.05, 0) is 24.1 Å². The van der Waals surface area contributed by atoms with E-state index < -0.39 is 0 Å². The van der Waals surface area contributed by atoms with Crippen LogP contribution >= 0.6 is 11.6 Å². The van der Waals surface area contributed by atoms with Gasteiger partial charge in [-0.1, -0.05) is 17.7 Å². The summed E-state index contributed by atoms with van der Waals surface area (Å²) in [6.45, 7) is 2.42. The lowest BCUT2D eigenvalue weighted by Gasteiger charge is -2.06. The molecule has 0 saturated heterocycles. The molecule has 0 fully saturated rings. The van der Waals surface area contributed by atoms with E-state index in [9.17, 15) is 0 Å². The van der Waals surface area contributed by atoms with Crippen LogP contribution in [0.3, 0.4) is 0 Å². The predicted molar refractivity (Wildman–Crippen MR) is 53.9 cm³/mol. The number of ether oxygens (including phenoxy) is 1. The summed E-state index contributed by atoms with van der Waals surface area (Å²) in [6.07, 6.45) is 1.08. The van der Waals surface area contributed by atoms with Gasteiger partial charge >= 0.3 is 0 Å². The van der Waals surface area contributed by atoms with Gasteiger partial charge in [0.05, 0.1) is 5.02 Å². The van der Waals surface area contributed by atoms with Gasteiger partial charge in [-0.25, -0.2) is 5.48 Å². The maximum absolute atomic E-state index is 8.59. The van der Waals surface area contributed by atoms with Crippen molar-refractivity contribution < 1.29 is 9.94 Å². The van der Waals surface area contributed by atoms with E-state index in [4.69, 9.17) is 21.5 Å². The lowest BCUT2D eigenvalue weighted by molar-refractivity contribution is 0.161. The van der Waals surface area contributed by atoms with Crippen molar-refractivity contribution in [2.75, 3.05) is 0 Å². The molecule has 1 aromatic carbocycles. The Labute approximate surface area is 87.6 Å². The highest BCUT2D eigenvalue weighted by molar-refractivity contribution is 6.32. The number of fused-ring (bicyclic) bond motifs is 1. The molecule has 3 nitrogen and oxygen atoms in total. The third-order valence-electron chi connectivity index (χ3n) is 2.29. The number of nitrogens with one attached hydrogen (secondary N) is 1. The molecule has 2 rings (SSSR count). The van der Waals surface area contributed by atoms with Crippen LogP contribution in [0.4, 0.5) is 0 Å². The Morgan fingerprint density at radius 3 is 3.14 bits per heavy atom. The van der Waals surface area contributed by atoms with Crippen LogP contribution in [0.5, 0.6) is 5.75 Å². The average Bonchev–Trinajstić information content (AvgIpc) is 2.47. The van der Waals surface area contributed by atoms with Crippen LogP contribution in [-0.4, -0.2) is 11.3 Å². The van der Waals surface area contributed by atoms with E-state index in [2.05, 4.69) is 5.48 Å². The monoisotopic (exact) mass is 213 g/mol. The molecule has 0 bridgehead atoms. The summed E-state index contributed by atoms with van der Waals surface area (Å²) in [5, 5.41) is 9.21. The molecule has 0 aliphatic carbocycles. The fourth-order valence-electron chi connectivity index (χ4n) is 1.74. The molecule has 1 aromatic rings. The van der Waals surface area contributed by atoms with E-state index in [0.717, 1.165) is 23.3 Å². The standard InChI is InChI=1S/C10H12ClNO2/c1-6-2-8-3-7(5-12-13)4-9(11)10(8)14-6/h3-4,6,12-13H,2,5H2,1H3. The maximum Gasteiger partial charge on any atom is 0.141 e. The summed E-state index contributed by atoms with van der Waals surface area (Å²) in [6, 6.07) is 3.82. The molecular weight excluding hydrogens is 202 g/mol. The van der Waals surface area contributed by atoms with Crippen molar-refractivity contribution in [3.8, 4) is 5.75 Å². The van der Waals surface area contributed by atoms with Gasteiger partial charge in [0.25, 0.3) is 0 Å². The predicted octanol–water partition coefficient (Wildman–Crippen LogP) is 2.14. The molecule has 14 heavy (non-hydrogen) atoms. The van der Waals surface area contributed by atoms with Crippen molar-refractivity contribution in [2.45, 2.75) is 26.0 Å². The summed E-state index contributed by atoms with van der Waals surface area (Å²) >= 11 is 6.04. The first-order chi connectivity index (χ1) is 6.70. The fraction of sp³-hybridized carbons (Fsp3) is 0.400. The number of hydrogen-bond acceptors (Lipinski definition) is 3. The number of benzene rings is 1. The highest BCUT2D eigenvalue weighted by Gasteiger charge is 2.22. The molecule has 1 aliphatic rings. The molecule has 76 valence electrons. The zero-order valence-corrected chi connectivity index (χ0v) is 8.64. The maximum atomic E-state index is 8.59. The van der Waals surface area contributed by atoms with E-state index in [1.54, 1.807) is 0 Å². The van der Waals surface area contributed by atoms with Gasteiger partial charge in [0, 0.05) is 13.0 Å². The number of halogens is 1. The van der Waals surface area contributed by atoms with Crippen molar-refractivity contribution in [3.63, 3.8) is 0 Å². The fourth-order valence-corrected chi connectivity index (χ4v) is 2.05. The highest BCUT2D eigenvalue weighted by Crippen LogP contribution is 2.36. The first-order valence-electron chi connectivity index (χ1n) is 4.55. The second-order valence-corrected chi connectivity index (χ2v) is 3.94. The summed E-state index contributed by atoms with van der Waals surface area (Å²) < 4.78 is 5.56. The topological polar surface area (TPSA) is 41.5 Å². The summed E-state index contributed by atoms with van der Waals surface area (Å²) in [5.74, 6) is 0.792.